The Labute approximate surface area is 92.9 Å². The Morgan fingerprint density at radius 1 is 1.31 bits per heavy atom. The maximum atomic E-state index is 12.8. The number of benzene rings is 1. The van der Waals surface area contributed by atoms with Crippen molar-refractivity contribution in [1.82, 2.24) is 9.55 Å². The van der Waals surface area contributed by atoms with E-state index < -0.39 is 0 Å². The van der Waals surface area contributed by atoms with Crippen LogP contribution in [-0.4, -0.2) is 9.55 Å². The van der Waals surface area contributed by atoms with Gasteiger partial charge < -0.3 is 9.88 Å². The van der Waals surface area contributed by atoms with E-state index in [1.807, 2.05) is 18.3 Å². The van der Waals surface area contributed by atoms with Crippen LogP contribution < -0.4 is 5.32 Å². The first kappa shape index (κ1) is 9.39. The topological polar surface area (TPSA) is 29.9 Å². The van der Waals surface area contributed by atoms with Gasteiger partial charge in [0.2, 0.25) is 5.95 Å². The number of halogens is 1. The minimum Gasteiger partial charge on any atom is -0.349 e. The molecule has 0 fully saturated rings. The van der Waals surface area contributed by atoms with Crippen LogP contribution in [0.25, 0.3) is 0 Å². The van der Waals surface area contributed by atoms with Crippen molar-refractivity contribution in [1.29, 1.82) is 0 Å². The lowest BCUT2D eigenvalue weighted by atomic mass is 10.0. The van der Waals surface area contributed by atoms with E-state index >= 15 is 0 Å². The molecule has 0 radical (unpaired) electrons. The number of imidazole rings is 1. The number of nitrogens with zero attached hydrogens (tertiary/aromatic N) is 2. The van der Waals surface area contributed by atoms with E-state index in [4.69, 9.17) is 0 Å². The molecule has 4 heteroatoms. The number of rotatable bonds is 1. The number of aryl methyl sites for hydroxylation is 1. The molecule has 1 unspecified atom stereocenters. The lowest BCUT2D eigenvalue weighted by Crippen LogP contribution is -2.21. The van der Waals surface area contributed by atoms with Gasteiger partial charge in [-0.2, -0.15) is 0 Å². The summed E-state index contributed by atoms with van der Waals surface area (Å²) >= 11 is 0. The van der Waals surface area contributed by atoms with Gasteiger partial charge in [0, 0.05) is 18.9 Å². The lowest BCUT2D eigenvalue weighted by Gasteiger charge is -2.25. The number of aromatic nitrogens is 2. The fraction of sp³-hybridized carbons (Fsp3) is 0.250. The third kappa shape index (κ3) is 1.56. The summed E-state index contributed by atoms with van der Waals surface area (Å²) in [6, 6.07) is 6.88. The number of nitrogens with one attached hydrogen (secondary N) is 1. The van der Waals surface area contributed by atoms with Crippen LogP contribution in [0.5, 0.6) is 0 Å². The standard InChI is InChI=1S/C12H12FN3/c13-10-3-1-9(2-4-10)11-5-7-16-8-6-14-12(16)15-11/h1-4,6,8,11H,5,7H2,(H,14,15). The van der Waals surface area contributed by atoms with Gasteiger partial charge in [-0.1, -0.05) is 12.1 Å². The van der Waals surface area contributed by atoms with Crippen LogP contribution in [0.1, 0.15) is 18.0 Å². The highest BCUT2D eigenvalue weighted by atomic mass is 19.1. The molecule has 3 rings (SSSR count). The Hall–Kier alpha value is -1.84. The monoisotopic (exact) mass is 217 g/mol. The largest absolute Gasteiger partial charge is 0.349 e. The first-order chi connectivity index (χ1) is 7.83. The van der Waals surface area contributed by atoms with E-state index in [9.17, 15) is 4.39 Å². The molecule has 1 N–H and O–H groups in total. The normalized spacial score (nSPS) is 18.9. The molecule has 0 amide bonds. The third-order valence-electron chi connectivity index (χ3n) is 2.95. The molecular formula is C12H12FN3. The maximum Gasteiger partial charge on any atom is 0.203 e. The minimum absolute atomic E-state index is 0.193. The molecule has 82 valence electrons. The van der Waals surface area contributed by atoms with Crippen LogP contribution in [0, 0.1) is 5.82 Å². The summed E-state index contributed by atoms with van der Waals surface area (Å²) in [6.45, 7) is 0.949. The Kier molecular flexibility index (Phi) is 2.13. The minimum atomic E-state index is -0.193. The summed E-state index contributed by atoms with van der Waals surface area (Å²) < 4.78 is 14.9. The second-order valence-electron chi connectivity index (χ2n) is 3.98. The van der Waals surface area contributed by atoms with Crippen molar-refractivity contribution in [2.45, 2.75) is 19.0 Å². The zero-order valence-corrected chi connectivity index (χ0v) is 8.73. The summed E-state index contributed by atoms with van der Waals surface area (Å²) in [6.07, 6.45) is 4.74. The molecule has 2 heterocycles. The third-order valence-corrected chi connectivity index (χ3v) is 2.95. The number of anilines is 1. The van der Waals surface area contributed by atoms with Crippen molar-refractivity contribution in [2.75, 3.05) is 5.32 Å². The van der Waals surface area contributed by atoms with Crippen LogP contribution in [0.3, 0.4) is 0 Å². The van der Waals surface area contributed by atoms with Crippen molar-refractivity contribution in [3.8, 4) is 0 Å². The first-order valence-electron chi connectivity index (χ1n) is 5.36. The van der Waals surface area contributed by atoms with Crippen molar-refractivity contribution in [3.63, 3.8) is 0 Å². The van der Waals surface area contributed by atoms with Gasteiger partial charge in [-0.05, 0) is 24.1 Å². The lowest BCUT2D eigenvalue weighted by molar-refractivity contribution is 0.541. The van der Waals surface area contributed by atoms with Crippen LogP contribution >= 0.6 is 0 Å². The molecule has 2 aromatic rings. The molecule has 0 spiro atoms. The highest BCUT2D eigenvalue weighted by Gasteiger charge is 2.19. The van der Waals surface area contributed by atoms with E-state index in [1.165, 1.54) is 12.1 Å². The number of hydrogen-bond donors (Lipinski definition) is 1. The van der Waals surface area contributed by atoms with E-state index in [1.54, 1.807) is 6.20 Å². The van der Waals surface area contributed by atoms with Crippen molar-refractivity contribution in [3.05, 3.63) is 48.0 Å². The van der Waals surface area contributed by atoms with Crippen LogP contribution in [-0.2, 0) is 6.54 Å². The van der Waals surface area contributed by atoms with E-state index in [0.29, 0.717) is 0 Å². The Balaban J connectivity index is 1.86. The van der Waals surface area contributed by atoms with Crippen LogP contribution in [0.2, 0.25) is 0 Å². The molecule has 0 saturated carbocycles. The van der Waals surface area contributed by atoms with E-state index in [2.05, 4.69) is 14.9 Å². The van der Waals surface area contributed by atoms with E-state index in [-0.39, 0.29) is 11.9 Å². The molecular weight excluding hydrogens is 205 g/mol. The molecule has 1 aromatic carbocycles. The van der Waals surface area contributed by atoms with Crippen LogP contribution in [0.15, 0.2) is 36.7 Å². The van der Waals surface area contributed by atoms with E-state index in [0.717, 1.165) is 24.5 Å². The maximum absolute atomic E-state index is 12.8. The first-order valence-corrected chi connectivity index (χ1v) is 5.36. The molecule has 1 aliphatic heterocycles. The number of hydrogen-bond acceptors (Lipinski definition) is 2. The molecule has 0 aliphatic carbocycles. The summed E-state index contributed by atoms with van der Waals surface area (Å²) in [7, 11) is 0. The van der Waals surface area contributed by atoms with Gasteiger partial charge >= 0.3 is 0 Å². The Morgan fingerprint density at radius 3 is 2.94 bits per heavy atom. The second kappa shape index (κ2) is 3.63. The smallest absolute Gasteiger partial charge is 0.203 e. The molecule has 1 atom stereocenters. The second-order valence-corrected chi connectivity index (χ2v) is 3.98. The predicted molar refractivity (Wildman–Crippen MR) is 59.6 cm³/mol. The summed E-state index contributed by atoms with van der Waals surface area (Å²) in [4.78, 5) is 4.23. The molecule has 0 saturated heterocycles. The molecule has 1 aromatic heterocycles. The SMILES string of the molecule is Fc1ccc(C2CCn3ccnc3N2)cc1. The molecule has 1 aliphatic rings. The Bertz CT molecular complexity index is 489. The number of fused-ring (bicyclic) bond motifs is 1. The fourth-order valence-electron chi connectivity index (χ4n) is 2.07. The Morgan fingerprint density at radius 2 is 2.12 bits per heavy atom. The quantitative estimate of drug-likeness (QED) is 0.795. The van der Waals surface area contributed by atoms with Gasteiger partial charge in [-0.3, -0.25) is 0 Å². The highest BCUT2D eigenvalue weighted by molar-refractivity contribution is 5.35. The van der Waals surface area contributed by atoms with Crippen molar-refractivity contribution in [2.24, 2.45) is 0 Å². The van der Waals surface area contributed by atoms with Gasteiger partial charge in [0.05, 0.1) is 6.04 Å². The average Bonchev–Trinajstić information content (AvgIpc) is 2.77. The summed E-state index contributed by atoms with van der Waals surface area (Å²) in [5, 5.41) is 3.34. The van der Waals surface area contributed by atoms with Gasteiger partial charge in [0.25, 0.3) is 0 Å². The predicted octanol–water partition coefficient (Wildman–Crippen LogP) is 2.58. The zero-order chi connectivity index (χ0) is 11.0. The van der Waals surface area contributed by atoms with Crippen molar-refractivity contribution < 1.29 is 4.39 Å². The highest BCUT2D eigenvalue weighted by Crippen LogP contribution is 2.27. The molecule has 3 nitrogen and oxygen atoms in total. The molecule has 16 heavy (non-hydrogen) atoms. The van der Waals surface area contributed by atoms with Crippen molar-refractivity contribution >= 4 is 5.95 Å². The summed E-state index contributed by atoms with van der Waals surface area (Å²) in [5.74, 6) is 0.696. The van der Waals surface area contributed by atoms with Gasteiger partial charge in [0.1, 0.15) is 5.82 Å². The molecule has 0 bridgehead atoms. The van der Waals surface area contributed by atoms with Gasteiger partial charge in [-0.25, -0.2) is 9.37 Å². The van der Waals surface area contributed by atoms with Gasteiger partial charge in [-0.15, -0.1) is 0 Å². The zero-order valence-electron chi connectivity index (χ0n) is 8.73. The fourth-order valence-corrected chi connectivity index (χ4v) is 2.07. The van der Waals surface area contributed by atoms with Gasteiger partial charge in [0.15, 0.2) is 0 Å². The summed E-state index contributed by atoms with van der Waals surface area (Å²) in [5.41, 5.74) is 1.11. The van der Waals surface area contributed by atoms with Crippen LogP contribution in [0.4, 0.5) is 10.3 Å². The average molecular weight is 217 g/mol.